The average Bonchev–Trinajstić information content (AvgIpc) is 2.09. The number of hydrogen-bond donors (Lipinski definition) is 1. The van der Waals surface area contributed by atoms with Crippen molar-refractivity contribution in [3.63, 3.8) is 0 Å². The fraction of sp³-hybridized carbons (Fsp3) is 0.400. The molecule has 0 aliphatic heterocycles. The van der Waals surface area contributed by atoms with E-state index in [0.717, 1.165) is 23.3 Å². The molecule has 0 spiro atoms. The predicted molar refractivity (Wildman–Crippen MR) is 73.4 cm³/mol. The van der Waals surface area contributed by atoms with Gasteiger partial charge in [0, 0.05) is 22.6 Å². The van der Waals surface area contributed by atoms with Crippen LogP contribution in [0.3, 0.4) is 0 Å². The highest BCUT2D eigenvalue weighted by Crippen LogP contribution is 2.19. The Hall–Kier alpha value is 0.270. The molecule has 0 radical (unpaired) electrons. The summed E-state index contributed by atoms with van der Waals surface area (Å²) in [5, 5.41) is 5.18. The van der Waals surface area contributed by atoms with Crippen LogP contribution in [-0.4, -0.2) is 11.9 Å². The molecule has 1 aromatic rings. The van der Waals surface area contributed by atoms with Crippen molar-refractivity contribution in [1.29, 1.82) is 0 Å². The summed E-state index contributed by atoms with van der Waals surface area (Å²) >= 11 is 9.23. The van der Waals surface area contributed by atoms with Crippen LogP contribution >= 0.6 is 44.5 Å². The molecule has 0 aliphatic carbocycles. The zero-order chi connectivity index (χ0) is 9.68. The third-order valence-corrected chi connectivity index (χ3v) is 2.61. The molecule has 0 aromatic heterocycles. The van der Waals surface area contributed by atoms with Gasteiger partial charge in [0.1, 0.15) is 0 Å². The van der Waals surface area contributed by atoms with E-state index in [1.54, 1.807) is 0 Å². The number of aryl methyl sites for hydroxylation is 1. The van der Waals surface area contributed by atoms with Crippen LogP contribution in [0.2, 0.25) is 5.02 Å². The second kappa shape index (κ2) is 7.55. The van der Waals surface area contributed by atoms with Crippen LogP contribution in [0, 0.1) is 6.92 Å². The van der Waals surface area contributed by atoms with Crippen LogP contribution in [0.1, 0.15) is 12.0 Å². The highest BCUT2D eigenvalue weighted by atomic mass is 79.9. The molecule has 1 nitrogen and oxygen atoms in total. The summed E-state index contributed by atoms with van der Waals surface area (Å²) in [5.41, 5.74) is 2.37. The first kappa shape index (κ1) is 14.3. The maximum atomic E-state index is 5.84. The normalized spacial score (nSPS) is 9.36. The SMILES string of the molecule is Br.Cc1cc(Cl)ccc1NCCCBr. The summed E-state index contributed by atoms with van der Waals surface area (Å²) in [6.07, 6.45) is 1.13. The van der Waals surface area contributed by atoms with E-state index < -0.39 is 0 Å². The third kappa shape index (κ3) is 4.67. The van der Waals surface area contributed by atoms with Crippen LogP contribution in [0.25, 0.3) is 0 Å². The molecule has 1 aromatic carbocycles. The summed E-state index contributed by atoms with van der Waals surface area (Å²) in [5.74, 6) is 0. The minimum atomic E-state index is 0. The van der Waals surface area contributed by atoms with E-state index in [0.29, 0.717) is 0 Å². The van der Waals surface area contributed by atoms with Crippen molar-refractivity contribution in [3.05, 3.63) is 28.8 Å². The first-order chi connectivity index (χ1) is 6.24. The van der Waals surface area contributed by atoms with E-state index in [4.69, 9.17) is 11.6 Å². The number of alkyl halides is 1. The van der Waals surface area contributed by atoms with Gasteiger partial charge in [0.25, 0.3) is 0 Å². The van der Waals surface area contributed by atoms with Gasteiger partial charge in [0.2, 0.25) is 0 Å². The number of hydrogen-bond acceptors (Lipinski definition) is 1. The van der Waals surface area contributed by atoms with Crippen molar-refractivity contribution < 1.29 is 0 Å². The van der Waals surface area contributed by atoms with Crippen molar-refractivity contribution in [2.45, 2.75) is 13.3 Å². The van der Waals surface area contributed by atoms with Gasteiger partial charge in [-0.2, -0.15) is 0 Å². The number of anilines is 1. The molecular weight excluding hydrogens is 329 g/mol. The Morgan fingerprint density at radius 3 is 2.71 bits per heavy atom. The minimum absolute atomic E-state index is 0. The molecule has 4 heteroatoms. The van der Waals surface area contributed by atoms with E-state index in [2.05, 4.69) is 28.2 Å². The van der Waals surface area contributed by atoms with Crippen LogP contribution in [0.15, 0.2) is 18.2 Å². The molecule has 14 heavy (non-hydrogen) atoms. The Labute approximate surface area is 109 Å². The molecule has 1 N–H and O–H groups in total. The van der Waals surface area contributed by atoms with Gasteiger partial charge in [-0.3, -0.25) is 0 Å². The number of nitrogens with one attached hydrogen (secondary N) is 1. The molecule has 0 saturated carbocycles. The molecule has 1 rings (SSSR count). The molecule has 0 bridgehead atoms. The van der Waals surface area contributed by atoms with Crippen LogP contribution < -0.4 is 5.32 Å². The molecule has 80 valence electrons. The van der Waals surface area contributed by atoms with Gasteiger partial charge >= 0.3 is 0 Å². The van der Waals surface area contributed by atoms with Crippen LogP contribution in [0.4, 0.5) is 5.69 Å². The van der Waals surface area contributed by atoms with Gasteiger partial charge in [-0.25, -0.2) is 0 Å². The topological polar surface area (TPSA) is 12.0 Å². The van der Waals surface area contributed by atoms with Gasteiger partial charge in [0.15, 0.2) is 0 Å². The average molecular weight is 343 g/mol. The van der Waals surface area contributed by atoms with E-state index in [-0.39, 0.29) is 17.0 Å². The van der Waals surface area contributed by atoms with Crippen LogP contribution in [0.5, 0.6) is 0 Å². The van der Waals surface area contributed by atoms with Gasteiger partial charge in [0.05, 0.1) is 0 Å². The van der Waals surface area contributed by atoms with Crippen LogP contribution in [-0.2, 0) is 0 Å². The molecule has 0 saturated heterocycles. The fourth-order valence-electron chi connectivity index (χ4n) is 1.12. The number of rotatable bonds is 4. The number of benzene rings is 1. The summed E-state index contributed by atoms with van der Waals surface area (Å²) in [6.45, 7) is 3.05. The second-order valence-corrected chi connectivity index (χ2v) is 4.16. The largest absolute Gasteiger partial charge is 0.385 e. The summed E-state index contributed by atoms with van der Waals surface area (Å²) < 4.78 is 0. The quantitative estimate of drug-likeness (QED) is 0.630. The van der Waals surface area contributed by atoms with Gasteiger partial charge < -0.3 is 5.32 Å². The van der Waals surface area contributed by atoms with Crippen molar-refractivity contribution in [2.75, 3.05) is 17.2 Å². The van der Waals surface area contributed by atoms with Crippen molar-refractivity contribution in [1.82, 2.24) is 0 Å². The zero-order valence-electron chi connectivity index (χ0n) is 8.02. The van der Waals surface area contributed by atoms with Crippen molar-refractivity contribution in [2.24, 2.45) is 0 Å². The first-order valence-electron chi connectivity index (χ1n) is 4.30. The highest BCUT2D eigenvalue weighted by molar-refractivity contribution is 9.09. The highest BCUT2D eigenvalue weighted by Gasteiger charge is 1.97. The summed E-state index contributed by atoms with van der Waals surface area (Å²) in [7, 11) is 0. The first-order valence-corrected chi connectivity index (χ1v) is 5.80. The lowest BCUT2D eigenvalue weighted by Crippen LogP contribution is -2.02. The third-order valence-electron chi connectivity index (χ3n) is 1.81. The van der Waals surface area contributed by atoms with E-state index >= 15 is 0 Å². The summed E-state index contributed by atoms with van der Waals surface area (Å²) in [4.78, 5) is 0. The molecule has 0 unspecified atom stereocenters. The molecule has 0 amide bonds. The lowest BCUT2D eigenvalue weighted by molar-refractivity contribution is 0.997. The minimum Gasteiger partial charge on any atom is -0.385 e. The Bertz CT molecular complexity index is 279. The van der Waals surface area contributed by atoms with E-state index in [1.807, 2.05) is 18.2 Å². The predicted octanol–water partition coefficient (Wildman–Crippen LogP) is 4.42. The molecule has 0 fully saturated rings. The van der Waals surface area contributed by atoms with E-state index in [9.17, 15) is 0 Å². The Morgan fingerprint density at radius 1 is 1.43 bits per heavy atom. The van der Waals surface area contributed by atoms with Gasteiger partial charge in [-0.05, 0) is 37.1 Å². The lowest BCUT2D eigenvalue weighted by atomic mass is 10.2. The molecule has 0 heterocycles. The molecule has 0 aliphatic rings. The van der Waals surface area contributed by atoms with E-state index in [1.165, 1.54) is 11.3 Å². The Kier molecular flexibility index (Phi) is 7.69. The smallest absolute Gasteiger partial charge is 0.0410 e. The van der Waals surface area contributed by atoms with Gasteiger partial charge in [-0.15, -0.1) is 17.0 Å². The maximum absolute atomic E-state index is 5.84. The lowest BCUT2D eigenvalue weighted by Gasteiger charge is -2.08. The Balaban J connectivity index is 0.00000169. The summed E-state index contributed by atoms with van der Waals surface area (Å²) in [6, 6.07) is 5.90. The zero-order valence-corrected chi connectivity index (χ0v) is 12.1. The van der Waals surface area contributed by atoms with Crippen molar-refractivity contribution >= 4 is 50.2 Å². The molecule has 0 atom stereocenters. The fourth-order valence-corrected chi connectivity index (χ4v) is 1.62. The maximum Gasteiger partial charge on any atom is 0.0410 e. The van der Waals surface area contributed by atoms with Crippen molar-refractivity contribution in [3.8, 4) is 0 Å². The molecular formula is C10H14Br2ClN. The monoisotopic (exact) mass is 341 g/mol. The van der Waals surface area contributed by atoms with Gasteiger partial charge in [-0.1, -0.05) is 27.5 Å². The Morgan fingerprint density at radius 2 is 2.14 bits per heavy atom. The second-order valence-electron chi connectivity index (χ2n) is 2.93. The standard InChI is InChI=1S/C10H13BrClN.BrH/c1-8-7-9(12)3-4-10(8)13-6-2-5-11;/h3-4,7,13H,2,5-6H2,1H3;1H. The number of halogens is 3.